The van der Waals surface area contributed by atoms with Crippen molar-refractivity contribution in [3.8, 4) is 0 Å². The van der Waals surface area contributed by atoms with E-state index in [0.29, 0.717) is 0 Å². The average Bonchev–Trinajstić information content (AvgIpc) is 3.15. The van der Waals surface area contributed by atoms with E-state index in [-0.39, 0.29) is 0 Å². The van der Waals surface area contributed by atoms with E-state index in [1.165, 1.54) is 22.9 Å². The largest absolute Gasteiger partial charge is 0.243 e. The molecule has 0 fully saturated rings. The molecule has 0 spiro atoms. The number of aromatic nitrogens is 4. The highest BCUT2D eigenvalue weighted by molar-refractivity contribution is 7.00. The van der Waals surface area contributed by atoms with Crippen molar-refractivity contribution in [1.82, 2.24) is 19.1 Å². The highest BCUT2D eigenvalue weighted by Crippen LogP contribution is 2.13. The maximum absolute atomic E-state index is 4.52. The van der Waals surface area contributed by atoms with Crippen molar-refractivity contribution in [3.05, 3.63) is 47.5 Å². The molecule has 4 rings (SSSR count). The fraction of sp³-hybridized carbons (Fsp3) is 0.200. The van der Waals surface area contributed by atoms with E-state index in [9.17, 15) is 0 Å². The van der Waals surface area contributed by atoms with Crippen molar-refractivity contribution < 1.29 is 4.63 Å². The summed E-state index contributed by atoms with van der Waals surface area (Å²) in [5.41, 5.74) is 6.15. The van der Waals surface area contributed by atoms with Gasteiger partial charge >= 0.3 is 0 Å². The summed E-state index contributed by atoms with van der Waals surface area (Å²) in [7, 11) is 0. The van der Waals surface area contributed by atoms with Crippen LogP contribution in [0.4, 0.5) is 0 Å². The molecule has 0 aliphatic carbocycles. The lowest BCUT2D eigenvalue weighted by molar-refractivity contribution is 0.315. The maximum Gasteiger partial charge on any atom is 0.135 e. The van der Waals surface area contributed by atoms with Crippen LogP contribution in [-0.4, -0.2) is 19.1 Å². The Hall–Kier alpha value is -2.34. The molecule has 0 bridgehead atoms. The van der Waals surface area contributed by atoms with E-state index < -0.39 is 0 Å². The molecule has 2 heterocycles. The summed E-state index contributed by atoms with van der Waals surface area (Å²) in [5.74, 6) is 0. The summed E-state index contributed by atoms with van der Waals surface area (Å²) in [6.45, 7) is 4.15. The first kappa shape index (κ1) is 13.6. The molecule has 21 heavy (non-hydrogen) atoms. The van der Waals surface area contributed by atoms with E-state index in [2.05, 4.69) is 42.7 Å². The Kier molecular flexibility index (Phi) is 3.87. The SMILES string of the molecule is CCc1ccc2nsnc2c1.Cc1ccc2nonc2c1. The van der Waals surface area contributed by atoms with Crippen molar-refractivity contribution in [1.29, 1.82) is 0 Å². The Morgan fingerprint density at radius 3 is 2.52 bits per heavy atom. The van der Waals surface area contributed by atoms with Gasteiger partial charge in [0.05, 0.1) is 11.7 Å². The van der Waals surface area contributed by atoms with Gasteiger partial charge in [-0.05, 0) is 59.1 Å². The quantitative estimate of drug-likeness (QED) is 0.535. The Morgan fingerprint density at radius 2 is 1.67 bits per heavy atom. The van der Waals surface area contributed by atoms with E-state index in [1.807, 2.05) is 31.2 Å². The lowest BCUT2D eigenvalue weighted by Gasteiger charge is -1.92. The molecule has 4 aromatic rings. The zero-order valence-electron chi connectivity index (χ0n) is 11.8. The number of fused-ring (bicyclic) bond motifs is 2. The number of aryl methyl sites for hydroxylation is 2. The zero-order valence-corrected chi connectivity index (χ0v) is 12.6. The second-order valence-corrected chi connectivity index (χ2v) is 5.23. The van der Waals surface area contributed by atoms with Gasteiger partial charge in [-0.25, -0.2) is 4.63 Å². The third-order valence-corrected chi connectivity index (χ3v) is 3.69. The van der Waals surface area contributed by atoms with Crippen LogP contribution in [0.1, 0.15) is 18.1 Å². The first-order valence-electron chi connectivity index (χ1n) is 6.66. The van der Waals surface area contributed by atoms with Gasteiger partial charge in [0.25, 0.3) is 0 Å². The van der Waals surface area contributed by atoms with Crippen LogP contribution in [0.25, 0.3) is 22.1 Å². The monoisotopic (exact) mass is 298 g/mol. The van der Waals surface area contributed by atoms with Crippen molar-refractivity contribution in [2.24, 2.45) is 0 Å². The lowest BCUT2D eigenvalue weighted by atomic mass is 10.1. The van der Waals surface area contributed by atoms with Gasteiger partial charge < -0.3 is 0 Å². The molecule has 2 aromatic carbocycles. The molecular weight excluding hydrogens is 284 g/mol. The van der Waals surface area contributed by atoms with Crippen molar-refractivity contribution >= 4 is 33.8 Å². The highest BCUT2D eigenvalue weighted by atomic mass is 32.1. The van der Waals surface area contributed by atoms with E-state index in [0.717, 1.165) is 28.5 Å². The molecular formula is C15H14N4OS. The normalized spacial score (nSPS) is 10.6. The molecule has 106 valence electrons. The molecule has 0 unspecified atom stereocenters. The summed E-state index contributed by atoms with van der Waals surface area (Å²) in [5, 5.41) is 7.37. The fourth-order valence-corrected chi connectivity index (χ4v) is 2.46. The van der Waals surface area contributed by atoms with E-state index in [4.69, 9.17) is 0 Å². The Balaban J connectivity index is 0.000000126. The molecule has 5 nitrogen and oxygen atoms in total. The third kappa shape index (κ3) is 3.05. The van der Waals surface area contributed by atoms with Crippen LogP contribution in [-0.2, 0) is 6.42 Å². The highest BCUT2D eigenvalue weighted by Gasteiger charge is 1.97. The summed E-state index contributed by atoms with van der Waals surface area (Å²) >= 11 is 1.27. The third-order valence-electron chi connectivity index (χ3n) is 3.14. The van der Waals surface area contributed by atoms with Gasteiger partial charge in [0.1, 0.15) is 22.1 Å². The van der Waals surface area contributed by atoms with Crippen LogP contribution in [0.5, 0.6) is 0 Å². The van der Waals surface area contributed by atoms with Crippen LogP contribution in [0.15, 0.2) is 41.0 Å². The minimum Gasteiger partial charge on any atom is -0.243 e. The summed E-state index contributed by atoms with van der Waals surface area (Å²) in [6, 6.07) is 12.0. The maximum atomic E-state index is 4.52. The predicted octanol–water partition coefficient (Wildman–Crippen LogP) is 3.78. The van der Waals surface area contributed by atoms with Crippen LogP contribution in [0, 0.1) is 6.92 Å². The van der Waals surface area contributed by atoms with Crippen molar-refractivity contribution in [2.75, 3.05) is 0 Å². The first-order chi connectivity index (χ1) is 10.3. The van der Waals surface area contributed by atoms with Gasteiger partial charge in [-0.15, -0.1) is 0 Å². The molecule has 0 radical (unpaired) electrons. The van der Waals surface area contributed by atoms with Crippen molar-refractivity contribution in [2.45, 2.75) is 20.3 Å². The second-order valence-electron chi connectivity index (χ2n) is 4.70. The minimum atomic E-state index is 0.811. The Bertz CT molecular complexity index is 868. The molecule has 0 saturated heterocycles. The molecule has 2 aromatic heterocycles. The van der Waals surface area contributed by atoms with Crippen LogP contribution in [0.2, 0.25) is 0 Å². The van der Waals surface area contributed by atoms with Crippen LogP contribution < -0.4 is 0 Å². The Labute approximate surface area is 125 Å². The fourth-order valence-electron chi connectivity index (χ4n) is 1.94. The Morgan fingerprint density at radius 1 is 0.905 bits per heavy atom. The topological polar surface area (TPSA) is 64.7 Å². The summed E-state index contributed by atoms with van der Waals surface area (Å²) in [6.07, 6.45) is 1.06. The zero-order chi connectivity index (χ0) is 14.7. The number of hydrogen-bond acceptors (Lipinski definition) is 6. The van der Waals surface area contributed by atoms with Crippen molar-refractivity contribution in [3.63, 3.8) is 0 Å². The molecule has 0 saturated carbocycles. The molecule has 0 aliphatic rings. The molecule has 0 atom stereocenters. The summed E-state index contributed by atoms with van der Waals surface area (Å²) < 4.78 is 12.8. The van der Waals surface area contributed by atoms with Gasteiger partial charge in [-0.2, -0.15) is 8.75 Å². The standard InChI is InChI=1S/C8H8N2S.C7H6N2O/c1-2-6-3-4-7-8(5-6)10-11-9-7;1-5-2-3-6-7(4-5)9-10-8-6/h3-5H,2H2,1H3;2-4H,1H3. The minimum absolute atomic E-state index is 0.811. The van der Waals surface area contributed by atoms with Gasteiger partial charge in [0, 0.05) is 0 Å². The predicted molar refractivity (Wildman–Crippen MR) is 83.3 cm³/mol. The number of nitrogens with zero attached hydrogens (tertiary/aromatic N) is 4. The van der Waals surface area contributed by atoms with Crippen LogP contribution in [0.3, 0.4) is 0 Å². The summed E-state index contributed by atoms with van der Waals surface area (Å²) in [4.78, 5) is 0. The van der Waals surface area contributed by atoms with E-state index >= 15 is 0 Å². The van der Waals surface area contributed by atoms with Crippen LogP contribution >= 0.6 is 11.7 Å². The van der Waals surface area contributed by atoms with Gasteiger partial charge in [-0.1, -0.05) is 19.1 Å². The second kappa shape index (κ2) is 5.97. The van der Waals surface area contributed by atoms with Gasteiger partial charge in [0.2, 0.25) is 0 Å². The van der Waals surface area contributed by atoms with Gasteiger partial charge in [-0.3, -0.25) is 0 Å². The first-order valence-corrected chi connectivity index (χ1v) is 7.39. The number of hydrogen-bond donors (Lipinski definition) is 0. The smallest absolute Gasteiger partial charge is 0.135 e. The molecule has 0 N–H and O–H groups in total. The van der Waals surface area contributed by atoms with Gasteiger partial charge in [0.15, 0.2) is 0 Å². The molecule has 0 aliphatic heterocycles. The van der Waals surface area contributed by atoms with E-state index in [1.54, 1.807) is 0 Å². The molecule has 6 heteroatoms. The average molecular weight is 298 g/mol. The molecule has 0 amide bonds. The lowest BCUT2D eigenvalue weighted by Crippen LogP contribution is -1.78. The number of rotatable bonds is 1. The number of benzene rings is 2.